The van der Waals surface area contributed by atoms with Crippen molar-refractivity contribution < 1.29 is 9.47 Å². The first-order valence-corrected chi connectivity index (χ1v) is 12.1. The van der Waals surface area contributed by atoms with Crippen molar-refractivity contribution in [1.29, 1.82) is 0 Å². The third-order valence-corrected chi connectivity index (χ3v) is 6.53. The van der Waals surface area contributed by atoms with E-state index in [0.717, 1.165) is 50.1 Å². The number of nitrogens with zero attached hydrogens (tertiary/aromatic N) is 2. The van der Waals surface area contributed by atoms with Crippen LogP contribution in [0.5, 0.6) is 11.5 Å². The molecule has 3 rings (SSSR count). The Bertz CT molecular complexity index is 808. The largest absolute Gasteiger partial charge is 0.493 e. The van der Waals surface area contributed by atoms with E-state index in [-0.39, 0.29) is 24.0 Å². The molecule has 0 atom stereocenters. The average molecular weight is 573 g/mol. The summed E-state index contributed by atoms with van der Waals surface area (Å²) >= 11 is 1.85. The molecule has 1 aliphatic heterocycles. The van der Waals surface area contributed by atoms with Crippen LogP contribution >= 0.6 is 35.3 Å². The molecule has 0 spiro atoms. The zero-order chi connectivity index (χ0) is 21.9. The molecule has 0 saturated carbocycles. The number of thiophene rings is 1. The summed E-state index contributed by atoms with van der Waals surface area (Å²) in [6.45, 7) is 8.10. The molecule has 2 N–H and O–H groups in total. The number of ether oxygens (including phenoxy) is 2. The van der Waals surface area contributed by atoms with E-state index < -0.39 is 0 Å². The molecule has 8 heteroatoms. The van der Waals surface area contributed by atoms with E-state index >= 15 is 0 Å². The summed E-state index contributed by atoms with van der Waals surface area (Å²) in [5.41, 5.74) is 1.21. The molecule has 6 nitrogen and oxygen atoms in total. The highest BCUT2D eigenvalue weighted by molar-refractivity contribution is 14.0. The number of likely N-dealkylation sites (tertiary alicyclic amines) is 1. The predicted octanol–water partition coefficient (Wildman–Crippen LogP) is 4.39. The van der Waals surface area contributed by atoms with E-state index in [9.17, 15) is 0 Å². The maximum absolute atomic E-state index is 5.40. The van der Waals surface area contributed by atoms with Crippen LogP contribution in [0.4, 0.5) is 0 Å². The molecule has 178 valence electrons. The second-order valence-corrected chi connectivity index (χ2v) is 8.92. The fourth-order valence-electron chi connectivity index (χ4n) is 3.87. The highest BCUT2D eigenvalue weighted by Gasteiger charge is 2.19. The van der Waals surface area contributed by atoms with Gasteiger partial charge in [0.25, 0.3) is 0 Å². The number of rotatable bonds is 10. The molecule has 1 saturated heterocycles. The quantitative estimate of drug-likeness (QED) is 0.251. The van der Waals surface area contributed by atoms with Gasteiger partial charge in [-0.3, -0.25) is 9.89 Å². The third kappa shape index (κ3) is 8.44. The maximum atomic E-state index is 5.40. The number of benzene rings is 1. The molecule has 1 aromatic heterocycles. The van der Waals surface area contributed by atoms with Gasteiger partial charge in [-0.2, -0.15) is 0 Å². The van der Waals surface area contributed by atoms with Gasteiger partial charge in [0.15, 0.2) is 17.5 Å². The summed E-state index contributed by atoms with van der Waals surface area (Å²) < 4.78 is 10.7. The van der Waals surface area contributed by atoms with E-state index in [1.807, 2.05) is 23.5 Å². The van der Waals surface area contributed by atoms with E-state index in [1.165, 1.54) is 36.4 Å². The Labute approximate surface area is 213 Å². The van der Waals surface area contributed by atoms with E-state index in [0.29, 0.717) is 5.92 Å². The van der Waals surface area contributed by atoms with Gasteiger partial charge in [0.2, 0.25) is 0 Å². The summed E-state index contributed by atoms with van der Waals surface area (Å²) in [4.78, 5) is 8.89. The van der Waals surface area contributed by atoms with Gasteiger partial charge < -0.3 is 20.1 Å². The SMILES string of the molecule is CCNC(=NCC1CCN(Cc2cccs2)CC1)NCCc1ccc(OC)c(OC)c1.I. The van der Waals surface area contributed by atoms with Crippen molar-refractivity contribution in [3.63, 3.8) is 0 Å². The van der Waals surface area contributed by atoms with Crippen LogP contribution in [0.2, 0.25) is 0 Å². The minimum Gasteiger partial charge on any atom is -0.493 e. The second kappa shape index (κ2) is 14.6. The van der Waals surface area contributed by atoms with Crippen LogP contribution in [0, 0.1) is 5.92 Å². The molecule has 2 heterocycles. The minimum atomic E-state index is 0. The summed E-state index contributed by atoms with van der Waals surface area (Å²) in [5.74, 6) is 3.10. The summed E-state index contributed by atoms with van der Waals surface area (Å²) in [5, 5.41) is 9.01. The van der Waals surface area contributed by atoms with Gasteiger partial charge in [-0.1, -0.05) is 12.1 Å². The number of hydrogen-bond donors (Lipinski definition) is 2. The molecular formula is C24H37IN4O2S. The lowest BCUT2D eigenvalue weighted by Gasteiger charge is -2.31. The number of hydrogen-bond acceptors (Lipinski definition) is 5. The number of aliphatic imine (C=N–C) groups is 1. The molecule has 2 aromatic rings. The van der Waals surface area contributed by atoms with Crippen molar-refractivity contribution in [2.45, 2.75) is 32.7 Å². The summed E-state index contributed by atoms with van der Waals surface area (Å²) in [7, 11) is 3.33. The number of halogens is 1. The zero-order valence-corrected chi connectivity index (χ0v) is 22.6. The van der Waals surface area contributed by atoms with Gasteiger partial charge in [0.1, 0.15) is 0 Å². The van der Waals surface area contributed by atoms with Crippen molar-refractivity contribution >= 4 is 41.3 Å². The lowest BCUT2D eigenvalue weighted by atomic mass is 9.97. The van der Waals surface area contributed by atoms with Crippen LogP contribution < -0.4 is 20.1 Å². The molecule has 0 amide bonds. The monoisotopic (exact) mass is 572 g/mol. The lowest BCUT2D eigenvalue weighted by molar-refractivity contribution is 0.182. The maximum Gasteiger partial charge on any atom is 0.191 e. The number of methoxy groups -OCH3 is 2. The molecule has 1 aliphatic rings. The van der Waals surface area contributed by atoms with E-state index in [4.69, 9.17) is 14.5 Å². The molecule has 32 heavy (non-hydrogen) atoms. The van der Waals surface area contributed by atoms with Crippen LogP contribution in [-0.2, 0) is 13.0 Å². The number of guanidine groups is 1. The summed E-state index contributed by atoms with van der Waals surface area (Å²) in [6.07, 6.45) is 3.34. The molecule has 1 fully saturated rings. The van der Waals surface area contributed by atoms with E-state index in [2.05, 4.69) is 46.0 Å². The predicted molar refractivity (Wildman–Crippen MR) is 145 cm³/mol. The molecule has 0 bridgehead atoms. The van der Waals surface area contributed by atoms with Gasteiger partial charge in [-0.25, -0.2) is 0 Å². The molecule has 0 aliphatic carbocycles. The highest BCUT2D eigenvalue weighted by Crippen LogP contribution is 2.27. The Morgan fingerprint density at radius 2 is 1.91 bits per heavy atom. The van der Waals surface area contributed by atoms with Gasteiger partial charge in [0, 0.05) is 31.1 Å². The smallest absolute Gasteiger partial charge is 0.191 e. The van der Waals surface area contributed by atoms with Crippen molar-refractivity contribution in [2.24, 2.45) is 10.9 Å². The molecule has 1 aromatic carbocycles. The van der Waals surface area contributed by atoms with Crippen molar-refractivity contribution in [3.8, 4) is 11.5 Å². The third-order valence-electron chi connectivity index (χ3n) is 5.67. The fraction of sp³-hybridized carbons (Fsp3) is 0.542. The minimum absolute atomic E-state index is 0. The molecular weight excluding hydrogens is 535 g/mol. The van der Waals surface area contributed by atoms with Crippen molar-refractivity contribution in [1.82, 2.24) is 15.5 Å². The molecule has 0 unspecified atom stereocenters. The lowest BCUT2D eigenvalue weighted by Crippen LogP contribution is -2.39. The van der Waals surface area contributed by atoms with Crippen LogP contribution in [-0.4, -0.2) is 57.8 Å². The standard InChI is InChI=1S/C24H36N4O2S.HI/c1-4-25-24(26-12-9-19-7-8-22(29-2)23(16-19)30-3)27-17-20-10-13-28(14-11-20)18-21-6-5-15-31-21;/h5-8,15-16,20H,4,9-14,17-18H2,1-3H3,(H2,25,26,27);1H. The first-order chi connectivity index (χ1) is 15.2. The van der Waals surface area contributed by atoms with Gasteiger partial charge in [-0.15, -0.1) is 35.3 Å². The van der Waals surface area contributed by atoms with Crippen LogP contribution in [0.1, 0.15) is 30.2 Å². The van der Waals surface area contributed by atoms with E-state index in [1.54, 1.807) is 14.2 Å². The molecule has 0 radical (unpaired) electrons. The van der Waals surface area contributed by atoms with Crippen LogP contribution in [0.3, 0.4) is 0 Å². The average Bonchev–Trinajstić information content (AvgIpc) is 3.31. The Kier molecular flexibility index (Phi) is 12.2. The van der Waals surface area contributed by atoms with Gasteiger partial charge >= 0.3 is 0 Å². The Morgan fingerprint density at radius 3 is 2.56 bits per heavy atom. The Hall–Kier alpha value is -1.52. The Balaban J connectivity index is 0.00000363. The summed E-state index contributed by atoms with van der Waals surface area (Å²) in [6, 6.07) is 10.4. The number of nitrogens with one attached hydrogen (secondary N) is 2. The normalized spacial score (nSPS) is 15.2. The van der Waals surface area contributed by atoms with Crippen LogP contribution in [0.15, 0.2) is 40.7 Å². The second-order valence-electron chi connectivity index (χ2n) is 7.88. The van der Waals surface area contributed by atoms with Gasteiger partial charge in [-0.05, 0) is 74.3 Å². The topological polar surface area (TPSA) is 58.1 Å². The first kappa shape index (κ1) is 26.7. The Morgan fingerprint density at radius 1 is 1.12 bits per heavy atom. The first-order valence-electron chi connectivity index (χ1n) is 11.2. The van der Waals surface area contributed by atoms with Crippen molar-refractivity contribution in [2.75, 3.05) is 46.9 Å². The van der Waals surface area contributed by atoms with Crippen molar-refractivity contribution in [3.05, 3.63) is 46.2 Å². The van der Waals surface area contributed by atoms with Gasteiger partial charge in [0.05, 0.1) is 14.2 Å². The fourth-order valence-corrected chi connectivity index (χ4v) is 4.62. The zero-order valence-electron chi connectivity index (χ0n) is 19.4. The highest BCUT2D eigenvalue weighted by atomic mass is 127. The van der Waals surface area contributed by atoms with Crippen LogP contribution in [0.25, 0.3) is 0 Å². The number of piperidine rings is 1.